The first-order valence-electron chi connectivity index (χ1n) is 10.2. The van der Waals surface area contributed by atoms with Crippen LogP contribution in [0.2, 0.25) is 0 Å². The molecule has 0 bridgehead atoms. The van der Waals surface area contributed by atoms with Crippen molar-refractivity contribution in [2.24, 2.45) is 0 Å². The molecule has 0 unspecified atom stereocenters. The number of rotatable bonds is 4. The Morgan fingerprint density at radius 2 is 1.47 bits per heavy atom. The first-order valence-corrected chi connectivity index (χ1v) is 10.6. The van der Waals surface area contributed by atoms with Crippen molar-refractivity contribution in [2.45, 2.75) is 65.2 Å². The normalized spacial score (nSPS) is 11.7. The van der Waals surface area contributed by atoms with Crippen LogP contribution in [-0.2, 0) is 22.0 Å². The van der Waals surface area contributed by atoms with E-state index in [0.29, 0.717) is 23.7 Å². The maximum atomic E-state index is 12.3. The fourth-order valence-electron chi connectivity index (χ4n) is 3.11. The van der Waals surface area contributed by atoms with E-state index in [1.807, 2.05) is 42.5 Å². The summed E-state index contributed by atoms with van der Waals surface area (Å²) in [5, 5.41) is 14.1. The molecule has 0 radical (unpaired) electrons. The molecule has 0 aliphatic rings. The monoisotopic (exact) mass is 427 g/mol. The van der Waals surface area contributed by atoms with E-state index in [2.05, 4.69) is 57.7 Å². The second kappa shape index (κ2) is 9.47. The van der Waals surface area contributed by atoms with Gasteiger partial charge in [-0.05, 0) is 58.3 Å². The number of aromatic hydroxyl groups is 1. The average molecular weight is 428 g/mol. The predicted molar refractivity (Wildman–Crippen MR) is 128 cm³/mol. The molecule has 0 aliphatic carbocycles. The number of carbonyl (C=O) groups is 1. The standard InChI is InChI=1S/C24H33N3O2S/c1-23(2,3)18-14-16(15-19(21(18)29)24(4,5)6)12-13-20(28)26-27-22(30)25-17-10-8-7-9-11-17/h7-11,14-15,29H,12-13H2,1-6H3,(H,26,28)(H2,25,27,30). The van der Waals surface area contributed by atoms with Crippen molar-refractivity contribution >= 4 is 28.9 Å². The van der Waals surface area contributed by atoms with E-state index < -0.39 is 0 Å². The van der Waals surface area contributed by atoms with Crippen molar-refractivity contribution in [1.82, 2.24) is 10.9 Å². The Morgan fingerprint density at radius 1 is 0.933 bits per heavy atom. The number of carbonyl (C=O) groups excluding carboxylic acids is 1. The highest BCUT2D eigenvalue weighted by Gasteiger charge is 2.26. The number of hydrogen-bond donors (Lipinski definition) is 4. The minimum absolute atomic E-state index is 0.157. The molecule has 2 rings (SSSR count). The fraction of sp³-hybridized carbons (Fsp3) is 0.417. The molecule has 0 saturated heterocycles. The first-order chi connectivity index (χ1) is 13.9. The van der Waals surface area contributed by atoms with Gasteiger partial charge in [0.05, 0.1) is 0 Å². The minimum atomic E-state index is -0.195. The molecular weight excluding hydrogens is 394 g/mol. The Kier molecular flexibility index (Phi) is 7.48. The third-order valence-corrected chi connectivity index (χ3v) is 4.98. The molecule has 6 heteroatoms. The van der Waals surface area contributed by atoms with E-state index in [0.717, 1.165) is 22.4 Å². The maximum absolute atomic E-state index is 12.3. The number of amides is 1. The van der Waals surface area contributed by atoms with Gasteiger partial charge in [0.25, 0.3) is 0 Å². The van der Waals surface area contributed by atoms with Crippen LogP contribution in [0.15, 0.2) is 42.5 Å². The van der Waals surface area contributed by atoms with Crippen molar-refractivity contribution in [2.75, 3.05) is 5.32 Å². The molecule has 4 N–H and O–H groups in total. The van der Waals surface area contributed by atoms with Crippen LogP contribution in [0.1, 0.15) is 64.7 Å². The molecule has 0 saturated carbocycles. The zero-order chi connectivity index (χ0) is 22.5. The van der Waals surface area contributed by atoms with Gasteiger partial charge in [0.2, 0.25) is 5.91 Å². The first kappa shape index (κ1) is 23.7. The lowest BCUT2D eigenvalue weighted by molar-refractivity contribution is -0.121. The van der Waals surface area contributed by atoms with Gasteiger partial charge in [-0.25, -0.2) is 0 Å². The van der Waals surface area contributed by atoms with Crippen molar-refractivity contribution in [1.29, 1.82) is 0 Å². The van der Waals surface area contributed by atoms with Crippen LogP contribution in [0.4, 0.5) is 5.69 Å². The number of anilines is 1. The third kappa shape index (κ3) is 6.73. The van der Waals surface area contributed by atoms with Crippen LogP contribution < -0.4 is 16.2 Å². The molecule has 0 atom stereocenters. The molecule has 0 aromatic heterocycles. The van der Waals surface area contributed by atoms with Crippen molar-refractivity contribution in [3.63, 3.8) is 0 Å². The highest BCUT2D eigenvalue weighted by atomic mass is 32.1. The van der Waals surface area contributed by atoms with Gasteiger partial charge >= 0.3 is 0 Å². The van der Waals surface area contributed by atoms with Crippen LogP contribution in [-0.4, -0.2) is 16.1 Å². The molecule has 1 amide bonds. The van der Waals surface area contributed by atoms with E-state index in [4.69, 9.17) is 12.2 Å². The van der Waals surface area contributed by atoms with Crippen LogP contribution in [0.3, 0.4) is 0 Å². The third-order valence-electron chi connectivity index (χ3n) is 4.77. The summed E-state index contributed by atoms with van der Waals surface area (Å²) >= 11 is 5.20. The second-order valence-electron chi connectivity index (χ2n) is 9.53. The highest BCUT2D eigenvalue weighted by molar-refractivity contribution is 7.80. The number of hydrazine groups is 1. The molecule has 0 heterocycles. The number of phenols is 1. The zero-order valence-corrected chi connectivity index (χ0v) is 19.5. The number of hydrogen-bond acceptors (Lipinski definition) is 3. The maximum Gasteiger partial charge on any atom is 0.238 e. The Labute approximate surface area is 185 Å². The van der Waals surface area contributed by atoms with Crippen LogP contribution in [0, 0.1) is 0 Å². The minimum Gasteiger partial charge on any atom is -0.507 e. The summed E-state index contributed by atoms with van der Waals surface area (Å²) in [6, 6.07) is 13.5. The van der Waals surface area contributed by atoms with Gasteiger partial charge < -0.3 is 10.4 Å². The number of thiocarbonyl (C=S) groups is 1. The molecule has 30 heavy (non-hydrogen) atoms. The topological polar surface area (TPSA) is 73.4 Å². The Morgan fingerprint density at radius 3 is 1.97 bits per heavy atom. The van der Waals surface area contributed by atoms with Crippen LogP contribution in [0.5, 0.6) is 5.75 Å². The number of phenolic OH excluding ortho intramolecular Hbond substituents is 1. The van der Waals surface area contributed by atoms with E-state index in [-0.39, 0.29) is 16.7 Å². The summed E-state index contributed by atoms with van der Waals surface area (Å²) in [5.41, 5.74) is 8.64. The smallest absolute Gasteiger partial charge is 0.238 e. The molecular formula is C24H33N3O2S. The number of aryl methyl sites for hydroxylation is 1. The fourth-order valence-corrected chi connectivity index (χ4v) is 3.28. The summed E-state index contributed by atoms with van der Waals surface area (Å²) in [7, 11) is 0. The van der Waals surface area contributed by atoms with Gasteiger partial charge in [0.15, 0.2) is 5.11 Å². The van der Waals surface area contributed by atoms with E-state index in [1.54, 1.807) is 0 Å². The highest BCUT2D eigenvalue weighted by Crippen LogP contribution is 2.39. The molecule has 0 fully saturated rings. The van der Waals surface area contributed by atoms with E-state index >= 15 is 0 Å². The largest absolute Gasteiger partial charge is 0.507 e. The molecule has 162 valence electrons. The van der Waals surface area contributed by atoms with Gasteiger partial charge in [0, 0.05) is 12.1 Å². The lowest BCUT2D eigenvalue weighted by atomic mass is 9.78. The van der Waals surface area contributed by atoms with Gasteiger partial charge in [-0.15, -0.1) is 0 Å². The van der Waals surface area contributed by atoms with E-state index in [1.165, 1.54) is 0 Å². The molecule has 2 aromatic rings. The number of benzene rings is 2. The summed E-state index contributed by atoms with van der Waals surface area (Å²) in [6.45, 7) is 12.5. The summed E-state index contributed by atoms with van der Waals surface area (Å²) in [6.07, 6.45) is 0.873. The van der Waals surface area contributed by atoms with Gasteiger partial charge in [0.1, 0.15) is 5.75 Å². The zero-order valence-electron chi connectivity index (χ0n) is 18.7. The Balaban J connectivity index is 2.00. The van der Waals surface area contributed by atoms with Crippen molar-refractivity contribution in [3.8, 4) is 5.75 Å². The van der Waals surface area contributed by atoms with Crippen LogP contribution >= 0.6 is 12.2 Å². The van der Waals surface area contributed by atoms with E-state index in [9.17, 15) is 9.90 Å². The average Bonchev–Trinajstić information content (AvgIpc) is 2.64. The van der Waals surface area contributed by atoms with Crippen LogP contribution in [0.25, 0.3) is 0 Å². The Hall–Kier alpha value is -2.60. The molecule has 5 nitrogen and oxygen atoms in total. The van der Waals surface area contributed by atoms with Crippen molar-refractivity contribution in [3.05, 3.63) is 59.2 Å². The number of nitrogens with one attached hydrogen (secondary N) is 3. The molecule has 0 aliphatic heterocycles. The lowest BCUT2D eigenvalue weighted by Gasteiger charge is -2.28. The quantitative estimate of drug-likeness (QED) is 0.411. The lowest BCUT2D eigenvalue weighted by Crippen LogP contribution is -2.43. The van der Waals surface area contributed by atoms with Gasteiger partial charge in [-0.2, -0.15) is 0 Å². The summed E-state index contributed by atoms with van der Waals surface area (Å²) < 4.78 is 0. The second-order valence-corrected chi connectivity index (χ2v) is 9.94. The Bertz CT molecular complexity index is 862. The molecule has 0 spiro atoms. The van der Waals surface area contributed by atoms with Gasteiger partial charge in [-0.3, -0.25) is 15.6 Å². The summed E-state index contributed by atoms with van der Waals surface area (Å²) in [5.74, 6) is 0.192. The SMILES string of the molecule is CC(C)(C)c1cc(CCC(=O)NNC(=S)Nc2ccccc2)cc(C(C)(C)C)c1O. The van der Waals surface area contributed by atoms with Crippen molar-refractivity contribution < 1.29 is 9.90 Å². The number of para-hydroxylation sites is 1. The van der Waals surface area contributed by atoms with Gasteiger partial charge in [-0.1, -0.05) is 71.9 Å². The predicted octanol–water partition coefficient (Wildman–Crippen LogP) is 4.94. The summed E-state index contributed by atoms with van der Waals surface area (Å²) in [4.78, 5) is 12.3. The molecule has 2 aromatic carbocycles.